The number of nitro groups is 1. The van der Waals surface area contributed by atoms with E-state index in [0.29, 0.717) is 4.47 Å². The monoisotopic (exact) mass is 257 g/mol. The van der Waals surface area contributed by atoms with Crippen molar-refractivity contribution >= 4 is 21.6 Å². The summed E-state index contributed by atoms with van der Waals surface area (Å²) in [6.07, 6.45) is 1.34. The van der Waals surface area contributed by atoms with E-state index in [1.165, 1.54) is 12.3 Å². The Morgan fingerprint density at radius 2 is 2.21 bits per heavy atom. The van der Waals surface area contributed by atoms with Gasteiger partial charge in [0.1, 0.15) is 6.07 Å². The van der Waals surface area contributed by atoms with Gasteiger partial charge < -0.3 is 0 Å². The van der Waals surface area contributed by atoms with Crippen molar-refractivity contribution in [3.8, 4) is 6.07 Å². The van der Waals surface area contributed by atoms with Crippen molar-refractivity contribution in [1.29, 1.82) is 5.26 Å². The molecule has 1 rings (SSSR count). The number of pyridine rings is 1. The van der Waals surface area contributed by atoms with Gasteiger partial charge >= 0.3 is 5.69 Å². The minimum Gasteiger partial charge on any atom is -0.258 e. The average Bonchev–Trinajstić information content (AvgIpc) is 2.20. The molecule has 0 saturated heterocycles. The number of hydrogen-bond donors (Lipinski definition) is 0. The molecule has 0 aliphatic rings. The number of nitriles is 1. The summed E-state index contributed by atoms with van der Waals surface area (Å²) in [6.45, 7) is 4.00. The van der Waals surface area contributed by atoms with Gasteiger partial charge in [-0.25, -0.2) is 4.98 Å². The van der Waals surface area contributed by atoms with Crippen molar-refractivity contribution in [3.63, 3.8) is 0 Å². The summed E-state index contributed by atoms with van der Waals surface area (Å²) < 4.78 is 0.480. The lowest BCUT2D eigenvalue weighted by Crippen LogP contribution is -1.94. The number of hydrogen-bond acceptors (Lipinski definition) is 4. The molecule has 1 heterocycles. The molecule has 6 heteroatoms. The van der Waals surface area contributed by atoms with Gasteiger partial charge in [0.05, 0.1) is 4.92 Å². The molecular weight excluding hydrogens is 250 g/mol. The van der Waals surface area contributed by atoms with E-state index < -0.39 is 4.92 Å². The largest absolute Gasteiger partial charge is 0.306 e. The van der Waals surface area contributed by atoms with Gasteiger partial charge in [0.2, 0.25) is 5.69 Å². The average molecular weight is 258 g/mol. The van der Waals surface area contributed by atoms with E-state index in [9.17, 15) is 10.1 Å². The van der Waals surface area contributed by atoms with Crippen LogP contribution in [0.25, 0.3) is 0 Å². The molecular formula is C8H8BrN3O2. The number of rotatable bonds is 1. The Hall–Kier alpha value is -1.48. The maximum Gasteiger partial charge on any atom is 0.306 e. The van der Waals surface area contributed by atoms with Crippen LogP contribution in [0.2, 0.25) is 0 Å². The fourth-order valence-corrected chi connectivity index (χ4v) is 0.973. The van der Waals surface area contributed by atoms with Crippen molar-refractivity contribution in [2.45, 2.75) is 13.8 Å². The second kappa shape index (κ2) is 6.05. The summed E-state index contributed by atoms with van der Waals surface area (Å²) in [4.78, 5) is 13.3. The number of aromatic nitrogens is 1. The van der Waals surface area contributed by atoms with Gasteiger partial charge in [0, 0.05) is 16.7 Å². The lowest BCUT2D eigenvalue weighted by molar-refractivity contribution is -0.385. The van der Waals surface area contributed by atoms with E-state index >= 15 is 0 Å². The first-order valence-electron chi connectivity index (χ1n) is 3.85. The fourth-order valence-electron chi connectivity index (χ4n) is 0.654. The molecule has 0 unspecified atom stereocenters. The predicted octanol–water partition coefficient (Wildman–Crippen LogP) is 2.65. The van der Waals surface area contributed by atoms with Gasteiger partial charge in [0.15, 0.2) is 0 Å². The molecule has 0 aliphatic heterocycles. The van der Waals surface area contributed by atoms with Crippen molar-refractivity contribution in [3.05, 3.63) is 32.5 Å². The first-order valence-corrected chi connectivity index (χ1v) is 4.64. The van der Waals surface area contributed by atoms with Gasteiger partial charge in [-0.05, 0) is 15.9 Å². The lowest BCUT2D eigenvalue weighted by atomic mass is 10.3. The van der Waals surface area contributed by atoms with Gasteiger partial charge in [-0.3, -0.25) is 10.1 Å². The molecule has 0 spiro atoms. The third kappa shape index (κ3) is 3.11. The molecule has 0 aliphatic carbocycles. The number of nitrogens with zero attached hydrogens (tertiary/aromatic N) is 3. The van der Waals surface area contributed by atoms with Crippen LogP contribution in [-0.2, 0) is 0 Å². The quantitative estimate of drug-likeness (QED) is 0.572. The normalized spacial score (nSPS) is 8.14. The molecule has 1 aromatic heterocycles. The van der Waals surface area contributed by atoms with E-state index in [1.807, 2.05) is 13.8 Å². The maximum atomic E-state index is 10.3. The summed E-state index contributed by atoms with van der Waals surface area (Å²) in [6, 6.07) is 2.87. The molecule has 14 heavy (non-hydrogen) atoms. The topological polar surface area (TPSA) is 79.8 Å². The molecule has 0 atom stereocenters. The van der Waals surface area contributed by atoms with E-state index in [0.717, 1.165) is 0 Å². The molecule has 0 N–H and O–H groups in total. The van der Waals surface area contributed by atoms with Crippen LogP contribution in [0.15, 0.2) is 16.7 Å². The zero-order valence-electron chi connectivity index (χ0n) is 7.69. The Labute approximate surface area is 89.7 Å². The van der Waals surface area contributed by atoms with E-state index in [1.54, 1.807) is 6.07 Å². The van der Waals surface area contributed by atoms with Gasteiger partial charge in [0.25, 0.3) is 0 Å². The second-order valence-electron chi connectivity index (χ2n) is 1.89. The Bertz CT molecular complexity index is 373. The SMILES string of the molecule is CC.N#Cc1ncc(Br)cc1[N+](=O)[O-]. The summed E-state index contributed by atoms with van der Waals surface area (Å²) in [5.74, 6) is 0. The summed E-state index contributed by atoms with van der Waals surface area (Å²) >= 11 is 3.02. The highest BCUT2D eigenvalue weighted by Gasteiger charge is 2.14. The maximum absolute atomic E-state index is 10.3. The first-order chi connectivity index (χ1) is 6.65. The zero-order chi connectivity index (χ0) is 11.1. The van der Waals surface area contributed by atoms with E-state index in [4.69, 9.17) is 5.26 Å². The third-order valence-electron chi connectivity index (χ3n) is 1.14. The van der Waals surface area contributed by atoms with Crippen molar-refractivity contribution in [2.75, 3.05) is 0 Å². The van der Waals surface area contributed by atoms with Crippen LogP contribution in [0.1, 0.15) is 19.5 Å². The molecule has 5 nitrogen and oxygen atoms in total. The Kier molecular flexibility index (Phi) is 5.41. The van der Waals surface area contributed by atoms with Crippen LogP contribution in [-0.4, -0.2) is 9.91 Å². The van der Waals surface area contributed by atoms with Gasteiger partial charge in [-0.2, -0.15) is 5.26 Å². The Morgan fingerprint density at radius 3 is 2.64 bits per heavy atom. The highest BCUT2D eigenvalue weighted by molar-refractivity contribution is 9.10. The summed E-state index contributed by atoms with van der Waals surface area (Å²) in [5.41, 5.74) is -0.463. The molecule has 0 fully saturated rings. The van der Waals surface area contributed by atoms with Crippen LogP contribution in [0.3, 0.4) is 0 Å². The van der Waals surface area contributed by atoms with Gasteiger partial charge in [-0.15, -0.1) is 0 Å². The lowest BCUT2D eigenvalue weighted by Gasteiger charge is -1.92. The second-order valence-corrected chi connectivity index (χ2v) is 2.81. The van der Waals surface area contributed by atoms with Crippen molar-refractivity contribution in [2.24, 2.45) is 0 Å². The molecule has 0 radical (unpaired) electrons. The van der Waals surface area contributed by atoms with Crippen LogP contribution >= 0.6 is 15.9 Å². The third-order valence-corrected chi connectivity index (χ3v) is 1.57. The molecule has 0 aromatic carbocycles. The minimum atomic E-state index is -0.643. The fraction of sp³-hybridized carbons (Fsp3) is 0.250. The molecule has 0 bridgehead atoms. The highest BCUT2D eigenvalue weighted by atomic mass is 79.9. The van der Waals surface area contributed by atoms with Crippen LogP contribution < -0.4 is 0 Å². The molecule has 0 saturated carbocycles. The Morgan fingerprint density at radius 1 is 1.64 bits per heavy atom. The summed E-state index contributed by atoms with van der Waals surface area (Å²) in [5, 5.41) is 18.8. The molecule has 0 amide bonds. The van der Waals surface area contributed by atoms with Crippen LogP contribution in [0.5, 0.6) is 0 Å². The standard InChI is InChI=1S/C6H2BrN3O2.C2H6/c7-4-1-6(10(11)12)5(2-8)9-3-4;1-2/h1,3H;1-2H3. The first kappa shape index (κ1) is 12.5. The molecule has 1 aromatic rings. The van der Waals surface area contributed by atoms with E-state index in [-0.39, 0.29) is 11.4 Å². The van der Waals surface area contributed by atoms with Gasteiger partial charge in [-0.1, -0.05) is 13.8 Å². The molecule has 74 valence electrons. The summed E-state index contributed by atoms with van der Waals surface area (Å²) in [7, 11) is 0. The smallest absolute Gasteiger partial charge is 0.258 e. The van der Waals surface area contributed by atoms with Crippen LogP contribution in [0, 0.1) is 21.4 Å². The Balaban J connectivity index is 0.000000791. The van der Waals surface area contributed by atoms with Crippen molar-refractivity contribution < 1.29 is 4.92 Å². The highest BCUT2D eigenvalue weighted by Crippen LogP contribution is 2.19. The van der Waals surface area contributed by atoms with E-state index in [2.05, 4.69) is 20.9 Å². The number of halogens is 1. The minimum absolute atomic E-state index is 0.178. The predicted molar refractivity (Wildman–Crippen MR) is 54.7 cm³/mol. The zero-order valence-corrected chi connectivity index (χ0v) is 9.28. The van der Waals surface area contributed by atoms with Crippen LogP contribution in [0.4, 0.5) is 5.69 Å². The van der Waals surface area contributed by atoms with Crippen molar-refractivity contribution in [1.82, 2.24) is 4.98 Å².